The Balaban J connectivity index is 1.80. The van der Waals surface area contributed by atoms with Gasteiger partial charge in [0.2, 0.25) is 0 Å². The van der Waals surface area contributed by atoms with Crippen molar-refractivity contribution < 1.29 is 4.79 Å². The van der Waals surface area contributed by atoms with Gasteiger partial charge in [-0.05, 0) is 62.9 Å². The molecule has 0 aliphatic heterocycles. The Morgan fingerprint density at radius 1 is 1.23 bits per heavy atom. The molecule has 0 fully saturated rings. The van der Waals surface area contributed by atoms with Gasteiger partial charge in [0.1, 0.15) is 5.01 Å². The summed E-state index contributed by atoms with van der Waals surface area (Å²) < 4.78 is 2.13. The number of nitrogens with one attached hydrogen (secondary N) is 1. The molecule has 0 bridgehead atoms. The maximum atomic E-state index is 12.8. The second kappa shape index (κ2) is 8.53. The van der Waals surface area contributed by atoms with Gasteiger partial charge in [0.15, 0.2) is 0 Å². The number of aromatic nitrogens is 3. The van der Waals surface area contributed by atoms with E-state index in [0.717, 1.165) is 44.8 Å². The van der Waals surface area contributed by atoms with Crippen molar-refractivity contribution in [2.45, 2.75) is 40.2 Å². The average Bonchev–Trinajstić information content (AvgIpc) is 3.47. The first-order valence-electron chi connectivity index (χ1n) is 9.96. The Morgan fingerprint density at radius 3 is 2.77 bits per heavy atom. The molecule has 1 N–H and O–H groups in total. The fourth-order valence-corrected chi connectivity index (χ4v) is 4.98. The van der Waals surface area contributed by atoms with Crippen LogP contribution in [0, 0.1) is 6.92 Å². The summed E-state index contributed by atoms with van der Waals surface area (Å²) in [5.41, 5.74) is 5.51. The van der Waals surface area contributed by atoms with Gasteiger partial charge in [-0.3, -0.25) is 9.78 Å². The molecular weight excluding hydrogens is 412 g/mol. The SMILES string of the molecule is CCc1cc(-c2nc(-c3cc(C(=O)NC(C)C)c(C)n3-c3cccs3)cs2)ccn1. The first-order valence-corrected chi connectivity index (χ1v) is 11.7. The van der Waals surface area contributed by atoms with Crippen molar-refractivity contribution in [1.82, 2.24) is 19.9 Å². The number of carbonyl (C=O) groups excluding carboxylic acids is 1. The minimum atomic E-state index is -0.0590. The van der Waals surface area contributed by atoms with Crippen molar-refractivity contribution in [1.29, 1.82) is 0 Å². The van der Waals surface area contributed by atoms with Crippen LogP contribution in [0.1, 0.15) is 42.5 Å². The van der Waals surface area contributed by atoms with Gasteiger partial charge < -0.3 is 9.88 Å². The number of hydrogen-bond donors (Lipinski definition) is 1. The zero-order valence-corrected chi connectivity index (χ0v) is 19.1. The number of thiophene rings is 1. The Hall–Kier alpha value is -2.77. The van der Waals surface area contributed by atoms with Gasteiger partial charge in [0.25, 0.3) is 5.91 Å². The van der Waals surface area contributed by atoms with Crippen LogP contribution in [0.5, 0.6) is 0 Å². The van der Waals surface area contributed by atoms with Gasteiger partial charge in [-0.2, -0.15) is 0 Å². The molecule has 4 aromatic heterocycles. The number of nitrogens with zero attached hydrogens (tertiary/aromatic N) is 3. The van der Waals surface area contributed by atoms with E-state index in [1.807, 2.05) is 50.5 Å². The van der Waals surface area contributed by atoms with E-state index in [0.29, 0.717) is 5.56 Å². The summed E-state index contributed by atoms with van der Waals surface area (Å²) in [6.07, 6.45) is 2.73. The highest BCUT2D eigenvalue weighted by molar-refractivity contribution is 7.13. The number of amides is 1. The van der Waals surface area contributed by atoms with Crippen LogP contribution in [0.3, 0.4) is 0 Å². The monoisotopic (exact) mass is 436 g/mol. The molecule has 0 spiro atoms. The lowest BCUT2D eigenvalue weighted by atomic mass is 10.2. The molecule has 4 rings (SSSR count). The molecule has 154 valence electrons. The van der Waals surface area contributed by atoms with Gasteiger partial charge in [-0.25, -0.2) is 4.98 Å². The largest absolute Gasteiger partial charge is 0.350 e. The number of rotatable bonds is 6. The summed E-state index contributed by atoms with van der Waals surface area (Å²) in [5, 5.41) is 9.13. The molecule has 0 aromatic carbocycles. The van der Waals surface area contributed by atoms with Crippen LogP contribution in [0.15, 0.2) is 47.3 Å². The lowest BCUT2D eigenvalue weighted by molar-refractivity contribution is 0.0942. The summed E-state index contributed by atoms with van der Waals surface area (Å²) in [7, 11) is 0. The van der Waals surface area contributed by atoms with E-state index in [9.17, 15) is 4.79 Å². The highest BCUT2D eigenvalue weighted by atomic mass is 32.1. The van der Waals surface area contributed by atoms with Crippen molar-refractivity contribution in [3.05, 3.63) is 64.2 Å². The van der Waals surface area contributed by atoms with E-state index >= 15 is 0 Å². The zero-order valence-electron chi connectivity index (χ0n) is 17.5. The molecule has 5 nitrogen and oxygen atoms in total. The maximum Gasteiger partial charge on any atom is 0.253 e. The number of thiazole rings is 1. The Kier molecular flexibility index (Phi) is 5.83. The number of hydrogen-bond acceptors (Lipinski definition) is 5. The van der Waals surface area contributed by atoms with Crippen LogP contribution in [-0.2, 0) is 6.42 Å². The number of carbonyl (C=O) groups is 1. The summed E-state index contributed by atoms with van der Waals surface area (Å²) >= 11 is 3.25. The Bertz CT molecular complexity index is 1170. The molecule has 30 heavy (non-hydrogen) atoms. The summed E-state index contributed by atoms with van der Waals surface area (Å²) in [6.45, 7) is 8.02. The van der Waals surface area contributed by atoms with Crippen LogP contribution in [-0.4, -0.2) is 26.5 Å². The molecule has 1 amide bonds. The predicted octanol–water partition coefficient (Wildman–Crippen LogP) is 5.73. The van der Waals surface area contributed by atoms with Crippen molar-refractivity contribution in [3.63, 3.8) is 0 Å². The van der Waals surface area contributed by atoms with Crippen LogP contribution in [0.2, 0.25) is 0 Å². The first kappa shape index (κ1) is 20.5. The standard InChI is InChI=1S/C23H24N4OS2/c1-5-17-11-16(8-9-24-17)23-26-19(13-30-23)20-12-18(22(28)25-14(2)3)15(4)27(20)21-7-6-10-29-21/h6-14H,5H2,1-4H3,(H,25,28). The fourth-order valence-electron chi connectivity index (χ4n) is 3.37. The average molecular weight is 437 g/mol. The topological polar surface area (TPSA) is 59.8 Å². The van der Waals surface area contributed by atoms with E-state index in [-0.39, 0.29) is 11.9 Å². The van der Waals surface area contributed by atoms with E-state index in [4.69, 9.17) is 4.98 Å². The molecule has 0 saturated carbocycles. The third kappa shape index (κ3) is 3.95. The second-order valence-electron chi connectivity index (χ2n) is 7.37. The molecule has 0 atom stereocenters. The smallest absolute Gasteiger partial charge is 0.253 e. The molecule has 7 heteroatoms. The lowest BCUT2D eigenvalue weighted by Gasteiger charge is -2.10. The number of aryl methyl sites for hydroxylation is 1. The van der Waals surface area contributed by atoms with E-state index in [1.165, 1.54) is 0 Å². The highest BCUT2D eigenvalue weighted by Gasteiger charge is 2.22. The minimum Gasteiger partial charge on any atom is -0.350 e. The van der Waals surface area contributed by atoms with Crippen molar-refractivity contribution in [3.8, 4) is 27.0 Å². The third-order valence-electron chi connectivity index (χ3n) is 4.83. The molecular formula is C23H24N4OS2. The molecule has 0 unspecified atom stereocenters. The maximum absolute atomic E-state index is 12.8. The lowest BCUT2D eigenvalue weighted by Crippen LogP contribution is -2.30. The minimum absolute atomic E-state index is 0.0590. The molecule has 4 heterocycles. The van der Waals surface area contributed by atoms with E-state index < -0.39 is 0 Å². The summed E-state index contributed by atoms with van der Waals surface area (Å²) in [6, 6.07) is 10.2. The van der Waals surface area contributed by atoms with Crippen molar-refractivity contribution >= 4 is 28.6 Å². The van der Waals surface area contributed by atoms with Gasteiger partial charge >= 0.3 is 0 Å². The summed E-state index contributed by atoms with van der Waals surface area (Å²) in [4.78, 5) is 22.1. The van der Waals surface area contributed by atoms with Crippen LogP contribution < -0.4 is 5.32 Å². The molecule has 0 radical (unpaired) electrons. The van der Waals surface area contributed by atoms with E-state index in [2.05, 4.69) is 39.3 Å². The van der Waals surface area contributed by atoms with Gasteiger partial charge in [0, 0.05) is 34.6 Å². The number of pyridine rings is 1. The first-order chi connectivity index (χ1) is 14.5. The molecule has 0 saturated heterocycles. The van der Waals surface area contributed by atoms with E-state index in [1.54, 1.807) is 22.7 Å². The molecule has 4 aromatic rings. The fraction of sp³-hybridized carbons (Fsp3) is 0.261. The normalized spacial score (nSPS) is 11.2. The van der Waals surface area contributed by atoms with Gasteiger partial charge in [-0.1, -0.05) is 6.92 Å². The van der Waals surface area contributed by atoms with Crippen LogP contribution >= 0.6 is 22.7 Å². The van der Waals surface area contributed by atoms with Crippen molar-refractivity contribution in [2.24, 2.45) is 0 Å². The second-order valence-corrected chi connectivity index (χ2v) is 9.16. The van der Waals surface area contributed by atoms with Crippen molar-refractivity contribution in [2.75, 3.05) is 0 Å². The zero-order chi connectivity index (χ0) is 21.3. The van der Waals surface area contributed by atoms with Gasteiger partial charge in [-0.15, -0.1) is 22.7 Å². The van der Waals surface area contributed by atoms with Crippen LogP contribution in [0.4, 0.5) is 0 Å². The summed E-state index contributed by atoms with van der Waals surface area (Å²) in [5.74, 6) is -0.0590. The van der Waals surface area contributed by atoms with Crippen LogP contribution in [0.25, 0.3) is 27.0 Å². The predicted molar refractivity (Wildman–Crippen MR) is 125 cm³/mol. The quantitative estimate of drug-likeness (QED) is 0.420. The Labute approximate surface area is 184 Å². The Morgan fingerprint density at radius 2 is 2.07 bits per heavy atom. The third-order valence-corrected chi connectivity index (χ3v) is 6.58. The van der Waals surface area contributed by atoms with Gasteiger partial charge in [0.05, 0.1) is 22.0 Å². The highest BCUT2D eigenvalue weighted by Crippen LogP contribution is 2.34. The molecule has 0 aliphatic rings. The molecule has 0 aliphatic carbocycles.